The van der Waals surface area contributed by atoms with Gasteiger partial charge in [0.25, 0.3) is 5.92 Å². The first-order valence-corrected chi connectivity index (χ1v) is 12.7. The second kappa shape index (κ2) is 10.5. The van der Waals surface area contributed by atoms with Crippen molar-refractivity contribution in [2.24, 2.45) is 0 Å². The molecule has 0 aliphatic carbocycles. The molecule has 0 aromatic heterocycles. The van der Waals surface area contributed by atoms with Gasteiger partial charge in [-0.3, -0.25) is 14.7 Å². The van der Waals surface area contributed by atoms with Crippen molar-refractivity contribution in [1.29, 1.82) is 0 Å². The molecule has 0 N–H and O–H groups in total. The van der Waals surface area contributed by atoms with Crippen LogP contribution in [-0.2, 0) is 11.3 Å². The second-order valence-electron chi connectivity index (χ2n) is 11.0. The van der Waals surface area contributed by atoms with E-state index in [4.69, 9.17) is 4.74 Å². The molecule has 0 radical (unpaired) electrons. The highest BCUT2D eigenvalue weighted by Crippen LogP contribution is 2.34. The molecule has 190 valence electrons. The molecule has 1 unspecified atom stereocenters. The fourth-order valence-electron chi connectivity index (χ4n) is 5.58. The SMILES string of the molecule is CC(C)(C)OC(=O)N1CCN(C2CCN(C3CCN(Cc4ccccc4)CC3(F)F)CC2)CC1. The maximum Gasteiger partial charge on any atom is 0.410 e. The Hall–Kier alpha value is -1.77. The van der Waals surface area contributed by atoms with Gasteiger partial charge in [0.15, 0.2) is 0 Å². The smallest absolute Gasteiger partial charge is 0.410 e. The first kappa shape index (κ1) is 25.3. The van der Waals surface area contributed by atoms with Gasteiger partial charge in [-0.2, -0.15) is 0 Å². The summed E-state index contributed by atoms with van der Waals surface area (Å²) in [5.74, 6) is -2.70. The van der Waals surface area contributed by atoms with Crippen LogP contribution in [0.4, 0.5) is 13.6 Å². The van der Waals surface area contributed by atoms with E-state index in [0.29, 0.717) is 38.6 Å². The molecule has 1 aromatic carbocycles. The summed E-state index contributed by atoms with van der Waals surface area (Å²) in [6, 6.07) is 9.62. The van der Waals surface area contributed by atoms with Crippen molar-refractivity contribution in [3.63, 3.8) is 0 Å². The van der Waals surface area contributed by atoms with Gasteiger partial charge in [0.2, 0.25) is 0 Å². The van der Waals surface area contributed by atoms with Crippen molar-refractivity contribution < 1.29 is 18.3 Å². The summed E-state index contributed by atoms with van der Waals surface area (Å²) in [6.07, 6.45) is 2.08. The topological polar surface area (TPSA) is 39.3 Å². The van der Waals surface area contributed by atoms with Gasteiger partial charge < -0.3 is 9.64 Å². The van der Waals surface area contributed by atoms with E-state index in [1.165, 1.54) is 0 Å². The number of halogens is 2. The van der Waals surface area contributed by atoms with E-state index in [1.807, 2.05) is 60.9 Å². The van der Waals surface area contributed by atoms with Crippen molar-refractivity contribution >= 4 is 6.09 Å². The Bertz CT molecular complexity index is 801. The maximum absolute atomic E-state index is 15.2. The van der Waals surface area contributed by atoms with Crippen LogP contribution in [0.5, 0.6) is 0 Å². The monoisotopic (exact) mass is 478 g/mol. The van der Waals surface area contributed by atoms with Crippen LogP contribution in [0.25, 0.3) is 0 Å². The molecular weight excluding hydrogens is 438 g/mol. The van der Waals surface area contributed by atoms with E-state index < -0.39 is 17.6 Å². The number of hydrogen-bond acceptors (Lipinski definition) is 5. The summed E-state index contributed by atoms with van der Waals surface area (Å²) in [5.41, 5.74) is 0.602. The molecule has 3 saturated heterocycles. The molecule has 3 aliphatic heterocycles. The molecule has 34 heavy (non-hydrogen) atoms. The minimum absolute atomic E-state index is 0.168. The van der Waals surface area contributed by atoms with Crippen molar-refractivity contribution in [2.45, 2.75) is 70.2 Å². The van der Waals surface area contributed by atoms with E-state index in [0.717, 1.165) is 44.6 Å². The summed E-state index contributed by atoms with van der Waals surface area (Å²) in [7, 11) is 0. The summed E-state index contributed by atoms with van der Waals surface area (Å²) in [4.78, 5) is 20.4. The number of ether oxygens (including phenoxy) is 1. The van der Waals surface area contributed by atoms with Crippen molar-refractivity contribution in [2.75, 3.05) is 52.4 Å². The summed E-state index contributed by atoms with van der Waals surface area (Å²) in [5, 5.41) is 0. The number of rotatable bonds is 4. The van der Waals surface area contributed by atoms with Crippen LogP contribution in [-0.4, -0.2) is 102 Å². The van der Waals surface area contributed by atoms with Crippen molar-refractivity contribution in [1.82, 2.24) is 19.6 Å². The molecule has 3 heterocycles. The number of likely N-dealkylation sites (tertiary alicyclic amines) is 2. The molecule has 3 fully saturated rings. The van der Waals surface area contributed by atoms with Gasteiger partial charge in [0.05, 0.1) is 12.6 Å². The molecule has 1 aromatic rings. The second-order valence-corrected chi connectivity index (χ2v) is 11.0. The third kappa shape index (κ3) is 6.46. The molecule has 6 nitrogen and oxygen atoms in total. The fourth-order valence-corrected chi connectivity index (χ4v) is 5.58. The van der Waals surface area contributed by atoms with E-state index >= 15 is 8.78 Å². The number of nitrogens with zero attached hydrogens (tertiary/aromatic N) is 4. The number of piperidine rings is 2. The van der Waals surface area contributed by atoms with Gasteiger partial charge in [0.1, 0.15) is 5.60 Å². The van der Waals surface area contributed by atoms with E-state index in [2.05, 4.69) is 4.90 Å². The Morgan fingerprint density at radius 3 is 2.18 bits per heavy atom. The lowest BCUT2D eigenvalue weighted by Crippen LogP contribution is -2.61. The molecule has 0 bridgehead atoms. The lowest BCUT2D eigenvalue weighted by Gasteiger charge is -2.48. The molecule has 1 atom stereocenters. The molecule has 8 heteroatoms. The van der Waals surface area contributed by atoms with Crippen LogP contribution in [0.2, 0.25) is 0 Å². The van der Waals surface area contributed by atoms with Crippen LogP contribution < -0.4 is 0 Å². The largest absolute Gasteiger partial charge is 0.444 e. The first-order chi connectivity index (χ1) is 16.1. The van der Waals surface area contributed by atoms with Crippen LogP contribution in [0.15, 0.2) is 30.3 Å². The summed E-state index contributed by atoms with van der Waals surface area (Å²) in [6.45, 7) is 11.2. The van der Waals surface area contributed by atoms with Gasteiger partial charge in [-0.1, -0.05) is 30.3 Å². The summed E-state index contributed by atoms with van der Waals surface area (Å²) < 4.78 is 35.8. The number of hydrogen-bond donors (Lipinski definition) is 0. The number of piperazine rings is 1. The van der Waals surface area contributed by atoms with Crippen molar-refractivity contribution in [3.8, 4) is 0 Å². The molecule has 3 aliphatic rings. The zero-order valence-corrected chi connectivity index (χ0v) is 20.9. The first-order valence-electron chi connectivity index (χ1n) is 12.7. The third-order valence-corrected chi connectivity index (χ3v) is 7.31. The minimum Gasteiger partial charge on any atom is -0.444 e. The minimum atomic E-state index is -2.70. The number of benzene rings is 1. The quantitative estimate of drug-likeness (QED) is 0.656. The van der Waals surface area contributed by atoms with Gasteiger partial charge in [-0.05, 0) is 45.6 Å². The normalized spacial score (nSPS) is 25.9. The zero-order valence-electron chi connectivity index (χ0n) is 20.9. The average molecular weight is 479 g/mol. The Balaban J connectivity index is 1.22. The Morgan fingerprint density at radius 2 is 1.59 bits per heavy atom. The van der Waals surface area contributed by atoms with Gasteiger partial charge in [-0.15, -0.1) is 0 Å². The van der Waals surface area contributed by atoms with E-state index in [9.17, 15) is 4.79 Å². The third-order valence-electron chi connectivity index (χ3n) is 7.31. The standard InChI is InChI=1S/C26H40F2N4O2/c1-25(2,3)34-24(33)32-17-15-30(16-18-32)22-9-13-31(14-10-22)23-11-12-29(20-26(23,27)28)19-21-7-5-4-6-8-21/h4-8,22-23H,9-20H2,1-3H3. The highest BCUT2D eigenvalue weighted by Gasteiger charge is 2.48. The average Bonchev–Trinajstić information content (AvgIpc) is 2.78. The predicted molar refractivity (Wildman–Crippen MR) is 129 cm³/mol. The highest BCUT2D eigenvalue weighted by atomic mass is 19.3. The number of alkyl halides is 2. The molecular formula is C26H40F2N4O2. The lowest BCUT2D eigenvalue weighted by molar-refractivity contribution is -0.134. The molecule has 0 spiro atoms. The summed E-state index contributed by atoms with van der Waals surface area (Å²) >= 11 is 0. The van der Waals surface area contributed by atoms with Gasteiger partial charge in [0, 0.05) is 58.4 Å². The number of carbonyl (C=O) groups is 1. The zero-order chi connectivity index (χ0) is 24.3. The molecule has 4 rings (SSSR count). The number of amides is 1. The number of carbonyl (C=O) groups excluding carboxylic acids is 1. The highest BCUT2D eigenvalue weighted by molar-refractivity contribution is 5.68. The van der Waals surface area contributed by atoms with Crippen LogP contribution in [0.3, 0.4) is 0 Å². The fraction of sp³-hybridized carbons (Fsp3) is 0.731. The van der Waals surface area contributed by atoms with E-state index in [1.54, 1.807) is 4.90 Å². The molecule has 0 saturated carbocycles. The maximum atomic E-state index is 15.2. The Morgan fingerprint density at radius 1 is 0.941 bits per heavy atom. The Kier molecular flexibility index (Phi) is 7.79. The van der Waals surface area contributed by atoms with Crippen molar-refractivity contribution in [3.05, 3.63) is 35.9 Å². The van der Waals surface area contributed by atoms with Crippen LogP contribution in [0.1, 0.15) is 45.6 Å². The van der Waals surface area contributed by atoms with E-state index in [-0.39, 0.29) is 12.6 Å². The van der Waals surface area contributed by atoms with Gasteiger partial charge >= 0.3 is 6.09 Å². The van der Waals surface area contributed by atoms with Crippen LogP contribution in [0, 0.1) is 0 Å². The molecule has 1 amide bonds. The lowest BCUT2D eigenvalue weighted by atomic mass is 9.94. The van der Waals surface area contributed by atoms with Gasteiger partial charge in [-0.25, -0.2) is 13.6 Å². The predicted octanol–water partition coefficient (Wildman–Crippen LogP) is 3.91. The van der Waals surface area contributed by atoms with Crippen LogP contribution >= 0.6 is 0 Å². The Labute approximate surface area is 202 Å².